The number of aryl methyl sites for hydroxylation is 1. The third kappa shape index (κ3) is 4.32. The van der Waals surface area contributed by atoms with Crippen molar-refractivity contribution in [3.05, 3.63) is 53.2 Å². The molecule has 0 N–H and O–H groups in total. The molecule has 4 rings (SSSR count). The molecule has 3 aromatic rings. The third-order valence-corrected chi connectivity index (χ3v) is 5.93. The van der Waals surface area contributed by atoms with Crippen LogP contribution in [0.5, 0.6) is 0 Å². The minimum Gasteiger partial charge on any atom is -0.462 e. The van der Waals surface area contributed by atoms with Crippen LogP contribution in [0.4, 0.5) is 5.82 Å². The number of rotatable bonds is 8. The molecule has 0 spiro atoms. The summed E-state index contributed by atoms with van der Waals surface area (Å²) in [5.74, 6) is -0.207. The van der Waals surface area contributed by atoms with Crippen molar-refractivity contribution in [3.8, 4) is 11.1 Å². The molecule has 7 nitrogen and oxygen atoms in total. The van der Waals surface area contributed by atoms with Crippen molar-refractivity contribution in [3.63, 3.8) is 0 Å². The quantitative estimate of drug-likeness (QED) is 0.455. The molecule has 1 fully saturated rings. The van der Waals surface area contributed by atoms with E-state index in [1.807, 2.05) is 43.3 Å². The topological polar surface area (TPSA) is 73.1 Å². The zero-order valence-electron chi connectivity index (χ0n) is 19.6. The first kappa shape index (κ1) is 22.8. The molecule has 0 radical (unpaired) electrons. The van der Waals surface area contributed by atoms with E-state index in [4.69, 9.17) is 14.6 Å². The summed E-state index contributed by atoms with van der Waals surface area (Å²) in [4.78, 5) is 28.7. The number of nitrogens with zero attached hydrogens (tertiary/aromatic N) is 3. The van der Waals surface area contributed by atoms with Gasteiger partial charge in [-0.15, -0.1) is 5.10 Å². The maximum atomic E-state index is 13.2. The first-order valence-corrected chi connectivity index (χ1v) is 11.8. The Labute approximate surface area is 194 Å². The van der Waals surface area contributed by atoms with Crippen LogP contribution in [-0.2, 0) is 15.9 Å². The maximum absolute atomic E-state index is 13.2. The Morgan fingerprint density at radius 3 is 2.18 bits per heavy atom. The smallest absolute Gasteiger partial charge is 0.341 e. The van der Waals surface area contributed by atoms with E-state index in [-0.39, 0.29) is 24.3 Å². The Bertz CT molecular complexity index is 1150. The fourth-order valence-corrected chi connectivity index (χ4v) is 4.53. The molecular weight excluding hydrogens is 418 g/mol. The summed E-state index contributed by atoms with van der Waals surface area (Å²) < 4.78 is 12.6. The second-order valence-electron chi connectivity index (χ2n) is 8.12. The lowest BCUT2D eigenvalue weighted by molar-refractivity contribution is 0.0480. The highest BCUT2D eigenvalue weighted by Gasteiger charge is 2.33. The van der Waals surface area contributed by atoms with Crippen LogP contribution in [-0.4, -0.2) is 47.9 Å². The fraction of sp³-hybridized carbons (Fsp3) is 0.423. The molecule has 0 unspecified atom stereocenters. The first-order chi connectivity index (χ1) is 16.1. The Morgan fingerprint density at radius 2 is 1.58 bits per heavy atom. The van der Waals surface area contributed by atoms with E-state index in [0.717, 1.165) is 49.3 Å². The normalized spacial score (nSPS) is 13.5. The van der Waals surface area contributed by atoms with Crippen molar-refractivity contribution >= 4 is 23.3 Å². The van der Waals surface area contributed by atoms with Gasteiger partial charge in [-0.3, -0.25) is 0 Å². The molecule has 1 aromatic carbocycles. The SMILES string of the molecule is CCCc1c(C(=O)OCC)c(C(=O)OCC)c2c(-c3ccccc3)cc(N3CCCC3)nn12. The number of hydrogen-bond acceptors (Lipinski definition) is 6. The summed E-state index contributed by atoms with van der Waals surface area (Å²) in [5, 5.41) is 4.96. The van der Waals surface area contributed by atoms with Gasteiger partial charge in [-0.2, -0.15) is 0 Å². The summed E-state index contributed by atoms with van der Waals surface area (Å²) in [7, 11) is 0. The average molecular weight is 450 g/mol. The van der Waals surface area contributed by atoms with Crippen molar-refractivity contribution in [2.75, 3.05) is 31.2 Å². The summed E-state index contributed by atoms with van der Waals surface area (Å²) in [6.45, 7) is 7.86. The van der Waals surface area contributed by atoms with E-state index in [2.05, 4.69) is 4.90 Å². The minimum absolute atomic E-state index is 0.210. The molecule has 2 aromatic heterocycles. The van der Waals surface area contributed by atoms with E-state index in [0.29, 0.717) is 17.6 Å². The Hall–Kier alpha value is -3.35. The predicted octanol–water partition coefficient (Wildman–Crippen LogP) is 4.91. The predicted molar refractivity (Wildman–Crippen MR) is 128 cm³/mol. The van der Waals surface area contributed by atoms with Gasteiger partial charge in [0, 0.05) is 18.7 Å². The van der Waals surface area contributed by atoms with Crippen LogP contribution in [0.3, 0.4) is 0 Å². The molecule has 174 valence electrons. The lowest BCUT2D eigenvalue weighted by atomic mass is 10.0. The van der Waals surface area contributed by atoms with Gasteiger partial charge >= 0.3 is 11.9 Å². The molecule has 3 heterocycles. The van der Waals surface area contributed by atoms with E-state index < -0.39 is 11.9 Å². The van der Waals surface area contributed by atoms with Crippen LogP contribution in [0.25, 0.3) is 16.6 Å². The van der Waals surface area contributed by atoms with E-state index >= 15 is 0 Å². The molecule has 0 saturated carbocycles. The van der Waals surface area contributed by atoms with Gasteiger partial charge in [0.05, 0.1) is 30.0 Å². The lowest BCUT2D eigenvalue weighted by Gasteiger charge is -2.19. The van der Waals surface area contributed by atoms with Gasteiger partial charge in [-0.25, -0.2) is 14.1 Å². The summed E-state index contributed by atoms with van der Waals surface area (Å²) >= 11 is 0. The van der Waals surface area contributed by atoms with Crippen molar-refractivity contribution in [1.29, 1.82) is 0 Å². The number of fused-ring (bicyclic) bond motifs is 1. The van der Waals surface area contributed by atoms with Gasteiger partial charge in [0.25, 0.3) is 0 Å². The number of ether oxygens (including phenoxy) is 2. The highest BCUT2D eigenvalue weighted by Crippen LogP contribution is 2.36. The van der Waals surface area contributed by atoms with Crippen molar-refractivity contribution in [2.24, 2.45) is 0 Å². The van der Waals surface area contributed by atoms with Crippen LogP contribution >= 0.6 is 0 Å². The van der Waals surface area contributed by atoms with E-state index in [1.54, 1.807) is 18.4 Å². The number of aromatic nitrogens is 2. The Kier molecular flexibility index (Phi) is 6.96. The molecule has 1 aliphatic rings. The minimum atomic E-state index is -0.534. The highest BCUT2D eigenvalue weighted by atomic mass is 16.5. The number of hydrogen-bond donors (Lipinski definition) is 0. The zero-order valence-corrected chi connectivity index (χ0v) is 19.6. The summed E-state index contributed by atoms with van der Waals surface area (Å²) in [6, 6.07) is 11.9. The van der Waals surface area contributed by atoms with Crippen LogP contribution in [0.1, 0.15) is 66.4 Å². The molecule has 33 heavy (non-hydrogen) atoms. The number of benzene rings is 1. The summed E-state index contributed by atoms with van der Waals surface area (Å²) in [6.07, 6.45) is 3.61. The van der Waals surface area contributed by atoms with Gasteiger partial charge in [-0.1, -0.05) is 43.7 Å². The van der Waals surface area contributed by atoms with Gasteiger partial charge in [0.15, 0.2) is 0 Å². The van der Waals surface area contributed by atoms with Gasteiger partial charge in [0.2, 0.25) is 0 Å². The number of esters is 2. The van der Waals surface area contributed by atoms with Crippen molar-refractivity contribution in [1.82, 2.24) is 9.61 Å². The molecule has 1 saturated heterocycles. The van der Waals surface area contributed by atoms with Crippen LogP contribution in [0.15, 0.2) is 36.4 Å². The van der Waals surface area contributed by atoms with E-state index in [9.17, 15) is 9.59 Å². The molecule has 1 aliphatic heterocycles. The molecular formula is C26H31N3O4. The van der Waals surface area contributed by atoms with Gasteiger partial charge < -0.3 is 14.4 Å². The average Bonchev–Trinajstić information content (AvgIpc) is 3.47. The van der Waals surface area contributed by atoms with Crippen LogP contribution < -0.4 is 4.90 Å². The van der Waals surface area contributed by atoms with Crippen molar-refractivity contribution < 1.29 is 19.1 Å². The maximum Gasteiger partial charge on any atom is 0.341 e. The second-order valence-corrected chi connectivity index (χ2v) is 8.12. The Morgan fingerprint density at radius 1 is 0.939 bits per heavy atom. The first-order valence-electron chi connectivity index (χ1n) is 11.8. The fourth-order valence-electron chi connectivity index (χ4n) is 4.53. The molecule has 0 atom stereocenters. The van der Waals surface area contributed by atoms with Crippen LogP contribution in [0.2, 0.25) is 0 Å². The molecule has 0 aliphatic carbocycles. The molecule has 0 amide bonds. The summed E-state index contributed by atoms with van der Waals surface area (Å²) in [5.41, 5.74) is 3.58. The van der Waals surface area contributed by atoms with Crippen LogP contribution in [0, 0.1) is 0 Å². The molecule has 7 heteroatoms. The number of carbonyl (C=O) groups excluding carboxylic acids is 2. The zero-order chi connectivity index (χ0) is 23.4. The lowest BCUT2D eigenvalue weighted by Crippen LogP contribution is -2.20. The number of anilines is 1. The highest BCUT2D eigenvalue weighted by molar-refractivity contribution is 6.12. The third-order valence-electron chi connectivity index (χ3n) is 5.93. The standard InChI is InChI=1S/C26H31N3O4/c1-4-12-20-22(25(30)32-5-2)23(26(31)33-6-3)24-19(18-13-8-7-9-14-18)17-21(27-29(20)24)28-15-10-11-16-28/h7-9,13-14,17H,4-6,10-12,15-16H2,1-3H3. The van der Waals surface area contributed by atoms with Gasteiger partial charge in [-0.05, 0) is 44.7 Å². The largest absolute Gasteiger partial charge is 0.462 e. The second kappa shape index (κ2) is 10.1. The Balaban J connectivity index is 2.11. The number of carbonyl (C=O) groups is 2. The van der Waals surface area contributed by atoms with Crippen molar-refractivity contribution in [2.45, 2.75) is 46.5 Å². The molecule has 0 bridgehead atoms. The monoisotopic (exact) mass is 449 g/mol. The van der Waals surface area contributed by atoms with Gasteiger partial charge in [0.1, 0.15) is 11.4 Å². The van der Waals surface area contributed by atoms with E-state index in [1.165, 1.54) is 0 Å².